The first-order chi connectivity index (χ1) is 14.5. The number of methoxy groups -OCH3 is 2. The molecular formula is C24H41IN2O3. The highest BCUT2D eigenvalue weighted by atomic mass is 127. The summed E-state index contributed by atoms with van der Waals surface area (Å²) < 4.78 is 12.8. The summed E-state index contributed by atoms with van der Waals surface area (Å²) >= 11 is 2.45. The zero-order valence-electron chi connectivity index (χ0n) is 19.4. The van der Waals surface area contributed by atoms with E-state index in [1.807, 2.05) is 4.90 Å². The van der Waals surface area contributed by atoms with Gasteiger partial charge >= 0.3 is 0 Å². The molecule has 1 spiro atoms. The molecule has 0 N–H and O–H groups in total. The van der Waals surface area contributed by atoms with Crippen LogP contribution in [0.1, 0.15) is 57.8 Å². The van der Waals surface area contributed by atoms with E-state index in [0.29, 0.717) is 0 Å². The Morgan fingerprint density at radius 3 is 2.20 bits per heavy atom. The second-order valence-electron chi connectivity index (χ2n) is 8.89. The Kier molecular flexibility index (Phi) is 11.0. The van der Waals surface area contributed by atoms with Crippen molar-refractivity contribution in [1.82, 2.24) is 9.80 Å². The van der Waals surface area contributed by atoms with E-state index in [4.69, 9.17) is 9.47 Å². The van der Waals surface area contributed by atoms with Crippen LogP contribution in [0.3, 0.4) is 0 Å². The smallest absolute Gasteiger partial charge is 0.236 e. The van der Waals surface area contributed by atoms with Crippen molar-refractivity contribution in [3.8, 4) is 0 Å². The number of halogens is 1. The first-order valence-electron chi connectivity index (χ1n) is 11.5. The predicted molar refractivity (Wildman–Crippen MR) is 132 cm³/mol. The topological polar surface area (TPSA) is 42.0 Å². The van der Waals surface area contributed by atoms with E-state index in [2.05, 4.69) is 53.7 Å². The normalized spacial score (nSPS) is 23.9. The van der Waals surface area contributed by atoms with E-state index in [9.17, 15) is 4.79 Å². The molecule has 1 fully saturated rings. The molecule has 1 aliphatic carbocycles. The van der Waals surface area contributed by atoms with Crippen molar-refractivity contribution in [2.75, 3.05) is 52.4 Å². The second-order valence-corrected chi connectivity index (χ2v) is 9.97. The van der Waals surface area contributed by atoms with Gasteiger partial charge in [0.2, 0.25) is 5.91 Å². The fourth-order valence-electron chi connectivity index (χ4n) is 4.61. The Balaban J connectivity index is 1.98. The highest BCUT2D eigenvalue weighted by molar-refractivity contribution is 14.1. The molecule has 1 aliphatic heterocycles. The minimum atomic E-state index is -0.593. The zero-order valence-corrected chi connectivity index (χ0v) is 21.6. The molecule has 172 valence electrons. The molecule has 6 heteroatoms. The van der Waals surface area contributed by atoms with E-state index in [-0.39, 0.29) is 11.8 Å². The van der Waals surface area contributed by atoms with Gasteiger partial charge in [0.15, 0.2) is 0 Å². The summed E-state index contributed by atoms with van der Waals surface area (Å²) in [7, 11) is 7.59. The third-order valence-electron chi connectivity index (χ3n) is 6.35. The molecule has 1 saturated heterocycles. The molecule has 2 rings (SSSR count). The molecule has 0 saturated carbocycles. The minimum Gasteiger partial charge on any atom is -0.501 e. The van der Waals surface area contributed by atoms with Crippen molar-refractivity contribution in [3.63, 3.8) is 0 Å². The average Bonchev–Trinajstić information content (AvgIpc) is 3.02. The molecule has 0 unspecified atom stereocenters. The van der Waals surface area contributed by atoms with Gasteiger partial charge < -0.3 is 19.3 Å². The molecule has 2 aliphatic rings. The van der Waals surface area contributed by atoms with Crippen LogP contribution < -0.4 is 0 Å². The van der Waals surface area contributed by atoms with Crippen molar-refractivity contribution in [2.24, 2.45) is 11.3 Å². The van der Waals surface area contributed by atoms with Crippen LogP contribution in [0.15, 0.2) is 23.7 Å². The lowest BCUT2D eigenvalue weighted by atomic mass is 9.77. The standard InChI is InChI=1S/C24H41IN2O3/c1-26(2)15-11-16-27-17-13-24(23(27)28)18-21(29-3)20(22(19-24)30-4)12-9-7-5-6-8-10-14-25/h18-20H,5-17H2,1-4H3. The maximum Gasteiger partial charge on any atom is 0.236 e. The maximum absolute atomic E-state index is 13.3. The first kappa shape index (κ1) is 25.5. The lowest BCUT2D eigenvalue weighted by Crippen LogP contribution is -2.36. The number of carbonyl (C=O) groups is 1. The lowest BCUT2D eigenvalue weighted by molar-refractivity contribution is -0.132. The van der Waals surface area contributed by atoms with Gasteiger partial charge in [-0.05, 0) is 62.9 Å². The Morgan fingerprint density at radius 1 is 1.03 bits per heavy atom. The van der Waals surface area contributed by atoms with Crippen LogP contribution in [-0.4, -0.2) is 68.1 Å². The Labute approximate surface area is 197 Å². The van der Waals surface area contributed by atoms with Crippen molar-refractivity contribution in [3.05, 3.63) is 23.7 Å². The van der Waals surface area contributed by atoms with Crippen LogP contribution in [0.2, 0.25) is 0 Å². The quantitative estimate of drug-likeness (QED) is 0.179. The van der Waals surface area contributed by atoms with Gasteiger partial charge in [-0.25, -0.2) is 0 Å². The minimum absolute atomic E-state index is 0.135. The number of unbranched alkanes of at least 4 members (excludes halogenated alkanes) is 5. The summed E-state index contributed by atoms with van der Waals surface area (Å²) in [4.78, 5) is 17.5. The van der Waals surface area contributed by atoms with Crippen LogP contribution in [0.25, 0.3) is 0 Å². The number of likely N-dealkylation sites (tertiary alicyclic amines) is 1. The molecule has 1 amide bonds. The van der Waals surface area contributed by atoms with Gasteiger partial charge in [-0.1, -0.05) is 54.7 Å². The van der Waals surface area contributed by atoms with Crippen molar-refractivity contribution in [2.45, 2.75) is 57.8 Å². The number of alkyl halides is 1. The third kappa shape index (κ3) is 6.87. The Morgan fingerprint density at radius 2 is 1.63 bits per heavy atom. The largest absolute Gasteiger partial charge is 0.501 e. The van der Waals surface area contributed by atoms with Gasteiger partial charge in [-0.15, -0.1) is 0 Å². The molecule has 5 nitrogen and oxygen atoms in total. The fourth-order valence-corrected chi connectivity index (χ4v) is 5.15. The molecule has 30 heavy (non-hydrogen) atoms. The molecule has 0 atom stereocenters. The van der Waals surface area contributed by atoms with Gasteiger partial charge in [-0.3, -0.25) is 4.79 Å². The van der Waals surface area contributed by atoms with E-state index >= 15 is 0 Å². The molecule has 0 aromatic carbocycles. The van der Waals surface area contributed by atoms with Crippen molar-refractivity contribution < 1.29 is 14.3 Å². The number of hydrogen-bond donors (Lipinski definition) is 0. The average molecular weight is 533 g/mol. The SMILES string of the molecule is COC1=CC2(C=C(OC)C1CCCCCCCCI)CCN(CCCN(C)C)C2=O. The molecule has 0 radical (unpaired) electrons. The Bertz CT molecular complexity index is 581. The summed E-state index contributed by atoms with van der Waals surface area (Å²) in [5, 5.41) is 0. The van der Waals surface area contributed by atoms with Crippen LogP contribution in [0.5, 0.6) is 0 Å². The van der Waals surface area contributed by atoms with Crippen LogP contribution in [0.4, 0.5) is 0 Å². The van der Waals surface area contributed by atoms with Gasteiger partial charge in [0.05, 0.1) is 25.6 Å². The maximum atomic E-state index is 13.3. The molecule has 1 heterocycles. The van der Waals surface area contributed by atoms with E-state index in [1.54, 1.807) is 14.2 Å². The summed E-state index contributed by atoms with van der Waals surface area (Å²) in [6.45, 7) is 2.61. The monoisotopic (exact) mass is 532 g/mol. The summed E-state index contributed by atoms with van der Waals surface area (Å²) in [5.74, 6) is 2.14. The van der Waals surface area contributed by atoms with Gasteiger partial charge in [-0.2, -0.15) is 0 Å². The van der Waals surface area contributed by atoms with E-state index in [1.165, 1.54) is 36.5 Å². The highest BCUT2D eigenvalue weighted by Gasteiger charge is 2.47. The van der Waals surface area contributed by atoms with Gasteiger partial charge in [0.25, 0.3) is 0 Å². The number of ether oxygens (including phenoxy) is 2. The summed E-state index contributed by atoms with van der Waals surface area (Å²) in [6, 6.07) is 0. The third-order valence-corrected chi connectivity index (χ3v) is 7.11. The molecule has 0 aromatic rings. The summed E-state index contributed by atoms with van der Waals surface area (Å²) in [6.07, 6.45) is 14.7. The Hall–Kier alpha value is -0.760. The van der Waals surface area contributed by atoms with Crippen LogP contribution in [0, 0.1) is 11.3 Å². The fraction of sp³-hybridized carbons (Fsp3) is 0.792. The van der Waals surface area contributed by atoms with Gasteiger partial charge in [0, 0.05) is 13.1 Å². The summed E-state index contributed by atoms with van der Waals surface area (Å²) in [5.41, 5.74) is -0.593. The molecule has 0 aromatic heterocycles. The number of nitrogens with zero attached hydrogens (tertiary/aromatic N) is 2. The number of hydrogen-bond acceptors (Lipinski definition) is 4. The number of amides is 1. The predicted octanol–water partition coefficient (Wildman–Crippen LogP) is 5.01. The van der Waals surface area contributed by atoms with Crippen LogP contribution in [-0.2, 0) is 14.3 Å². The second kappa shape index (κ2) is 12.9. The van der Waals surface area contributed by atoms with Crippen molar-refractivity contribution in [1.29, 1.82) is 0 Å². The highest BCUT2D eigenvalue weighted by Crippen LogP contribution is 2.45. The first-order valence-corrected chi connectivity index (χ1v) is 13.0. The number of carbonyl (C=O) groups excluding carboxylic acids is 1. The lowest BCUT2D eigenvalue weighted by Gasteiger charge is -2.32. The van der Waals surface area contributed by atoms with Gasteiger partial charge in [0.1, 0.15) is 11.5 Å². The molecular weight excluding hydrogens is 491 g/mol. The molecule has 0 bridgehead atoms. The van der Waals surface area contributed by atoms with E-state index in [0.717, 1.165) is 56.8 Å². The van der Waals surface area contributed by atoms with Crippen LogP contribution >= 0.6 is 22.6 Å². The number of rotatable bonds is 14. The van der Waals surface area contributed by atoms with Crippen molar-refractivity contribution >= 4 is 28.5 Å². The van der Waals surface area contributed by atoms with E-state index < -0.39 is 5.41 Å². The zero-order chi connectivity index (χ0) is 22.0.